The van der Waals surface area contributed by atoms with Crippen LogP contribution in [0.5, 0.6) is 0 Å². The molecule has 11 heavy (non-hydrogen) atoms. The van der Waals surface area contributed by atoms with E-state index in [0.717, 1.165) is 22.7 Å². The molecule has 0 radical (unpaired) electrons. The van der Waals surface area contributed by atoms with Gasteiger partial charge in [-0.05, 0) is 12.8 Å². The molecular weight excluding hydrogens is 156 g/mol. The summed E-state index contributed by atoms with van der Waals surface area (Å²) in [5.74, 6) is 0. The molecule has 3 heteroatoms. The fraction of sp³-hybridized carbons (Fsp3) is 0.250. The first-order valence-corrected chi connectivity index (χ1v) is 4.03. The van der Waals surface area contributed by atoms with Gasteiger partial charge in [0.2, 0.25) is 0 Å². The third-order valence-corrected chi connectivity index (χ3v) is 2.50. The minimum atomic E-state index is 0.908. The largest absolute Gasteiger partial charge is 0.193 e. The van der Waals surface area contributed by atoms with Crippen LogP contribution in [0, 0.1) is 22.7 Å². The number of thioether (sulfide) groups is 1. The average Bonchev–Trinajstić information content (AvgIpc) is 2.38. The van der Waals surface area contributed by atoms with Crippen LogP contribution in [0.25, 0.3) is 0 Å². The fourth-order valence-corrected chi connectivity index (χ4v) is 1.83. The Bertz CT molecular complexity index is 258. The van der Waals surface area contributed by atoms with Crippen LogP contribution in [0.2, 0.25) is 0 Å². The van der Waals surface area contributed by atoms with Crippen LogP contribution in [0.1, 0.15) is 12.8 Å². The second-order valence-electron chi connectivity index (χ2n) is 2.08. The molecule has 2 nitrogen and oxygen atoms in total. The number of hydrogen-bond donors (Lipinski definition) is 0. The minimum absolute atomic E-state index is 0.908. The van der Waals surface area contributed by atoms with Crippen molar-refractivity contribution >= 4 is 11.8 Å². The van der Waals surface area contributed by atoms with Gasteiger partial charge in [0.15, 0.2) is 0 Å². The maximum absolute atomic E-state index is 8.32. The maximum Gasteiger partial charge on any atom is 0.0920 e. The van der Waals surface area contributed by atoms with Crippen molar-refractivity contribution in [2.45, 2.75) is 12.8 Å². The molecule has 1 saturated heterocycles. The van der Waals surface area contributed by atoms with Gasteiger partial charge in [-0.25, -0.2) is 0 Å². The molecule has 1 aliphatic heterocycles. The van der Waals surface area contributed by atoms with Crippen molar-refractivity contribution in [3.63, 3.8) is 0 Å². The predicted octanol–water partition coefficient (Wildman–Crippen LogP) is 2.33. The number of allylic oxidation sites excluding steroid dienone is 4. The quantitative estimate of drug-likeness (QED) is 0.513. The number of hydrogen-bond acceptors (Lipinski definition) is 3. The second-order valence-corrected chi connectivity index (χ2v) is 3.33. The highest BCUT2D eigenvalue weighted by Gasteiger charge is 2.12. The summed E-state index contributed by atoms with van der Waals surface area (Å²) < 4.78 is 0. The molecular formula is C8H6N2S. The monoisotopic (exact) mass is 162 g/mol. The molecule has 1 aliphatic rings. The standard InChI is InChI=1S/C8H6N2S/c9-5-3-7-1-2-8(11-7)4-6-10/h3-4H,1-2H2/b7-3-,8-4-. The van der Waals surface area contributed by atoms with Gasteiger partial charge in [-0.1, -0.05) is 11.8 Å². The van der Waals surface area contributed by atoms with Crippen molar-refractivity contribution in [3.05, 3.63) is 22.0 Å². The predicted molar refractivity (Wildman–Crippen MR) is 44.2 cm³/mol. The van der Waals surface area contributed by atoms with Crippen LogP contribution in [-0.2, 0) is 0 Å². The van der Waals surface area contributed by atoms with Crippen molar-refractivity contribution < 1.29 is 0 Å². The molecule has 1 rings (SSSR count). The lowest BCUT2D eigenvalue weighted by Gasteiger charge is -1.86. The summed E-state index contributed by atoms with van der Waals surface area (Å²) in [5.41, 5.74) is 0. The molecule has 0 aromatic heterocycles. The number of nitrogens with zero attached hydrogens (tertiary/aromatic N) is 2. The van der Waals surface area contributed by atoms with E-state index in [1.165, 1.54) is 11.8 Å². The van der Waals surface area contributed by atoms with Crippen LogP contribution in [-0.4, -0.2) is 0 Å². The number of nitriles is 2. The SMILES string of the molecule is N#C/C=C1/CC/C(=C/C#N)S1. The summed E-state index contributed by atoms with van der Waals surface area (Å²) in [7, 11) is 0. The van der Waals surface area contributed by atoms with Gasteiger partial charge in [-0.15, -0.1) is 0 Å². The zero-order valence-electron chi connectivity index (χ0n) is 5.87. The van der Waals surface area contributed by atoms with Crippen LogP contribution in [0.3, 0.4) is 0 Å². The summed E-state index contributed by atoms with van der Waals surface area (Å²) in [5, 5.41) is 16.6. The van der Waals surface area contributed by atoms with Gasteiger partial charge in [0.25, 0.3) is 0 Å². The van der Waals surface area contributed by atoms with Crippen LogP contribution < -0.4 is 0 Å². The van der Waals surface area contributed by atoms with Crippen molar-refractivity contribution in [3.8, 4) is 12.1 Å². The van der Waals surface area contributed by atoms with Gasteiger partial charge >= 0.3 is 0 Å². The summed E-state index contributed by atoms with van der Waals surface area (Å²) in [6, 6.07) is 3.96. The molecule has 0 aromatic rings. The first-order chi connectivity index (χ1) is 5.36. The van der Waals surface area contributed by atoms with Crippen molar-refractivity contribution in [1.82, 2.24) is 0 Å². The molecule has 54 valence electrons. The lowest BCUT2D eigenvalue weighted by atomic mass is 10.3. The third-order valence-electron chi connectivity index (χ3n) is 1.33. The summed E-state index contributed by atoms with van der Waals surface area (Å²) >= 11 is 1.54. The molecule has 0 saturated carbocycles. The molecule has 0 aliphatic carbocycles. The van der Waals surface area contributed by atoms with Gasteiger partial charge in [-0.3, -0.25) is 0 Å². The highest BCUT2D eigenvalue weighted by molar-refractivity contribution is 8.07. The molecule has 0 aromatic carbocycles. The summed E-state index contributed by atoms with van der Waals surface area (Å²) in [4.78, 5) is 2.13. The molecule has 0 spiro atoms. The van der Waals surface area contributed by atoms with Crippen molar-refractivity contribution in [2.24, 2.45) is 0 Å². The van der Waals surface area contributed by atoms with Crippen LogP contribution in [0.15, 0.2) is 22.0 Å². The van der Waals surface area contributed by atoms with Gasteiger partial charge in [0, 0.05) is 22.0 Å². The van der Waals surface area contributed by atoms with Gasteiger partial charge < -0.3 is 0 Å². The first-order valence-electron chi connectivity index (χ1n) is 3.22. The Labute approximate surface area is 69.8 Å². The van der Waals surface area contributed by atoms with Crippen molar-refractivity contribution in [2.75, 3.05) is 0 Å². The Balaban J connectivity index is 2.64. The third kappa shape index (κ3) is 2.14. The zero-order valence-corrected chi connectivity index (χ0v) is 6.69. The topological polar surface area (TPSA) is 47.6 Å². The van der Waals surface area contributed by atoms with Gasteiger partial charge in [0.05, 0.1) is 12.1 Å². The van der Waals surface area contributed by atoms with Crippen molar-refractivity contribution in [1.29, 1.82) is 10.5 Å². The van der Waals surface area contributed by atoms with E-state index < -0.39 is 0 Å². The molecule has 0 atom stereocenters. The van der Waals surface area contributed by atoms with Crippen LogP contribution >= 0.6 is 11.8 Å². The Hall–Kier alpha value is -1.19. The summed E-state index contributed by atoms with van der Waals surface area (Å²) in [6.07, 6.45) is 4.91. The van der Waals surface area contributed by atoms with E-state index in [1.807, 2.05) is 12.1 Å². The molecule has 1 fully saturated rings. The lowest BCUT2D eigenvalue weighted by molar-refractivity contribution is 1.05. The lowest BCUT2D eigenvalue weighted by Crippen LogP contribution is -1.62. The smallest absolute Gasteiger partial charge is 0.0920 e. The van der Waals surface area contributed by atoms with Gasteiger partial charge in [0.1, 0.15) is 0 Å². The molecule has 1 heterocycles. The van der Waals surface area contributed by atoms with E-state index in [9.17, 15) is 0 Å². The second kappa shape index (κ2) is 3.85. The van der Waals surface area contributed by atoms with E-state index in [4.69, 9.17) is 10.5 Å². The normalized spacial score (nSPS) is 23.5. The van der Waals surface area contributed by atoms with E-state index in [2.05, 4.69) is 0 Å². The van der Waals surface area contributed by atoms with Crippen LogP contribution in [0.4, 0.5) is 0 Å². The Kier molecular flexibility index (Phi) is 2.77. The molecule has 0 bridgehead atoms. The van der Waals surface area contributed by atoms with Gasteiger partial charge in [-0.2, -0.15) is 10.5 Å². The Morgan fingerprint density at radius 3 is 1.91 bits per heavy atom. The van der Waals surface area contributed by atoms with E-state index in [0.29, 0.717) is 0 Å². The van der Waals surface area contributed by atoms with E-state index in [1.54, 1.807) is 12.2 Å². The highest BCUT2D eigenvalue weighted by Crippen LogP contribution is 2.39. The number of rotatable bonds is 0. The van der Waals surface area contributed by atoms with E-state index in [-0.39, 0.29) is 0 Å². The fourth-order valence-electron chi connectivity index (χ4n) is 0.864. The molecule has 0 N–H and O–H groups in total. The minimum Gasteiger partial charge on any atom is -0.193 e. The maximum atomic E-state index is 8.32. The van der Waals surface area contributed by atoms with E-state index >= 15 is 0 Å². The zero-order chi connectivity index (χ0) is 8.10. The first kappa shape index (κ1) is 7.91. The highest BCUT2D eigenvalue weighted by atomic mass is 32.2. The molecule has 0 amide bonds. The summed E-state index contributed by atoms with van der Waals surface area (Å²) in [6.45, 7) is 0. The Morgan fingerprint density at radius 1 is 1.09 bits per heavy atom. The Morgan fingerprint density at radius 2 is 1.55 bits per heavy atom. The average molecular weight is 162 g/mol. The molecule has 0 unspecified atom stereocenters.